The lowest BCUT2D eigenvalue weighted by molar-refractivity contribution is -0.0492. The second-order valence-electron chi connectivity index (χ2n) is 5.85. The highest BCUT2D eigenvalue weighted by Crippen LogP contribution is 2.29. The second-order valence-corrected chi connectivity index (χ2v) is 5.85. The molecule has 94 valence electrons. The molecule has 0 aromatic rings. The predicted octanol–water partition coefficient (Wildman–Crippen LogP) is 1.49. The maximum atomic E-state index is 5.88. The van der Waals surface area contributed by atoms with E-state index in [1.165, 1.54) is 25.8 Å². The standard InChI is InChI=1S/C13H26N2O/c1-4-13(2,9-14-3)10-15-7-11-5-6-12(8-15)16-11/h11-12,14H,4-10H2,1-3H3. The lowest BCUT2D eigenvalue weighted by Crippen LogP contribution is -2.48. The fourth-order valence-corrected chi connectivity index (χ4v) is 3.09. The van der Waals surface area contributed by atoms with E-state index < -0.39 is 0 Å². The highest BCUT2D eigenvalue weighted by Gasteiger charge is 2.36. The Balaban J connectivity index is 1.88. The van der Waals surface area contributed by atoms with Gasteiger partial charge in [-0.25, -0.2) is 0 Å². The lowest BCUT2D eigenvalue weighted by atomic mass is 9.86. The zero-order chi connectivity index (χ0) is 11.6. The Morgan fingerprint density at radius 3 is 2.44 bits per heavy atom. The van der Waals surface area contributed by atoms with Gasteiger partial charge in [-0.05, 0) is 31.7 Å². The van der Waals surface area contributed by atoms with Crippen LogP contribution >= 0.6 is 0 Å². The van der Waals surface area contributed by atoms with E-state index in [-0.39, 0.29) is 0 Å². The van der Waals surface area contributed by atoms with Crippen molar-refractivity contribution in [2.24, 2.45) is 5.41 Å². The predicted molar refractivity (Wildman–Crippen MR) is 66.7 cm³/mol. The Hall–Kier alpha value is -0.120. The monoisotopic (exact) mass is 226 g/mol. The zero-order valence-corrected chi connectivity index (χ0v) is 11.0. The molecule has 2 heterocycles. The maximum Gasteiger partial charge on any atom is 0.0707 e. The third-order valence-corrected chi connectivity index (χ3v) is 4.18. The molecule has 1 N–H and O–H groups in total. The van der Waals surface area contributed by atoms with E-state index in [4.69, 9.17) is 4.74 Å². The first-order valence-electron chi connectivity index (χ1n) is 6.67. The van der Waals surface area contributed by atoms with Gasteiger partial charge >= 0.3 is 0 Å². The first kappa shape index (κ1) is 12.3. The summed E-state index contributed by atoms with van der Waals surface area (Å²) in [6, 6.07) is 0. The van der Waals surface area contributed by atoms with E-state index in [9.17, 15) is 0 Å². The summed E-state index contributed by atoms with van der Waals surface area (Å²) >= 11 is 0. The van der Waals surface area contributed by atoms with Gasteiger partial charge in [-0.1, -0.05) is 13.8 Å². The van der Waals surface area contributed by atoms with Crippen molar-refractivity contribution in [3.63, 3.8) is 0 Å². The summed E-state index contributed by atoms with van der Waals surface area (Å²) in [5.74, 6) is 0. The minimum absolute atomic E-state index is 0.408. The van der Waals surface area contributed by atoms with Crippen LogP contribution in [0.2, 0.25) is 0 Å². The van der Waals surface area contributed by atoms with Crippen LogP contribution in [-0.2, 0) is 4.74 Å². The molecule has 0 aliphatic carbocycles. The Morgan fingerprint density at radius 1 is 1.31 bits per heavy atom. The summed E-state index contributed by atoms with van der Waals surface area (Å²) in [7, 11) is 2.05. The van der Waals surface area contributed by atoms with Crippen LogP contribution in [0, 0.1) is 5.41 Å². The van der Waals surface area contributed by atoms with Crippen LogP contribution in [0.15, 0.2) is 0 Å². The van der Waals surface area contributed by atoms with Gasteiger partial charge in [-0.3, -0.25) is 4.90 Å². The average molecular weight is 226 g/mol. The van der Waals surface area contributed by atoms with Crippen molar-refractivity contribution in [3.8, 4) is 0 Å². The molecule has 2 saturated heterocycles. The third kappa shape index (κ3) is 2.76. The van der Waals surface area contributed by atoms with Gasteiger partial charge in [0.15, 0.2) is 0 Å². The van der Waals surface area contributed by atoms with Gasteiger partial charge < -0.3 is 10.1 Å². The van der Waals surface area contributed by atoms with E-state index in [1.54, 1.807) is 0 Å². The molecule has 2 bridgehead atoms. The minimum Gasteiger partial charge on any atom is -0.372 e. The molecule has 0 aromatic carbocycles. The van der Waals surface area contributed by atoms with Crippen LogP contribution in [0.25, 0.3) is 0 Å². The van der Waals surface area contributed by atoms with Crippen LogP contribution < -0.4 is 5.32 Å². The average Bonchev–Trinajstić information content (AvgIpc) is 2.58. The summed E-state index contributed by atoms with van der Waals surface area (Å²) in [6.07, 6.45) is 4.83. The Labute approximate surface area is 99.5 Å². The van der Waals surface area contributed by atoms with Crippen molar-refractivity contribution in [3.05, 3.63) is 0 Å². The number of likely N-dealkylation sites (tertiary alicyclic amines) is 1. The van der Waals surface area contributed by atoms with Gasteiger partial charge in [0, 0.05) is 26.2 Å². The quantitative estimate of drug-likeness (QED) is 0.768. The topological polar surface area (TPSA) is 24.5 Å². The van der Waals surface area contributed by atoms with Gasteiger partial charge in [0.25, 0.3) is 0 Å². The lowest BCUT2D eigenvalue weighted by Gasteiger charge is -2.39. The van der Waals surface area contributed by atoms with Crippen molar-refractivity contribution in [2.75, 3.05) is 33.2 Å². The summed E-state index contributed by atoms with van der Waals surface area (Å²) in [4.78, 5) is 2.62. The molecule has 3 nitrogen and oxygen atoms in total. The maximum absolute atomic E-state index is 5.88. The van der Waals surface area contributed by atoms with Crippen molar-refractivity contribution in [1.29, 1.82) is 0 Å². The molecule has 3 atom stereocenters. The number of morpholine rings is 1. The third-order valence-electron chi connectivity index (χ3n) is 4.18. The van der Waals surface area contributed by atoms with Gasteiger partial charge in [-0.15, -0.1) is 0 Å². The molecule has 3 heteroatoms. The first-order valence-corrected chi connectivity index (χ1v) is 6.67. The molecule has 0 saturated carbocycles. The number of hydrogen-bond acceptors (Lipinski definition) is 3. The summed E-state index contributed by atoms with van der Waals surface area (Å²) < 4.78 is 5.88. The highest BCUT2D eigenvalue weighted by molar-refractivity contribution is 4.88. The Morgan fingerprint density at radius 2 is 1.94 bits per heavy atom. The Bertz CT molecular complexity index is 222. The van der Waals surface area contributed by atoms with Crippen LogP contribution in [0.5, 0.6) is 0 Å². The van der Waals surface area contributed by atoms with Gasteiger partial charge in [0.2, 0.25) is 0 Å². The molecule has 2 aliphatic rings. The van der Waals surface area contributed by atoms with E-state index in [1.807, 2.05) is 0 Å². The van der Waals surface area contributed by atoms with Crippen molar-refractivity contribution in [2.45, 2.75) is 45.3 Å². The van der Waals surface area contributed by atoms with E-state index in [0.717, 1.165) is 19.6 Å². The normalized spacial score (nSPS) is 33.9. The Kier molecular flexibility index (Phi) is 3.88. The second kappa shape index (κ2) is 5.03. The van der Waals surface area contributed by atoms with Gasteiger partial charge in [-0.2, -0.15) is 0 Å². The molecule has 0 spiro atoms. The van der Waals surface area contributed by atoms with Gasteiger partial charge in [0.05, 0.1) is 12.2 Å². The molecule has 2 aliphatic heterocycles. The van der Waals surface area contributed by atoms with Crippen LogP contribution in [0.3, 0.4) is 0 Å². The first-order chi connectivity index (χ1) is 7.65. The van der Waals surface area contributed by atoms with Crippen LogP contribution in [-0.4, -0.2) is 50.3 Å². The fourth-order valence-electron chi connectivity index (χ4n) is 3.09. The molecule has 0 amide bonds. The molecule has 0 aromatic heterocycles. The largest absolute Gasteiger partial charge is 0.372 e. The molecule has 16 heavy (non-hydrogen) atoms. The number of ether oxygens (including phenoxy) is 1. The van der Waals surface area contributed by atoms with E-state index >= 15 is 0 Å². The molecule has 0 radical (unpaired) electrons. The number of fused-ring (bicyclic) bond motifs is 2. The molecule has 3 unspecified atom stereocenters. The van der Waals surface area contributed by atoms with Crippen LogP contribution in [0.1, 0.15) is 33.1 Å². The number of nitrogens with one attached hydrogen (secondary N) is 1. The summed E-state index contributed by atoms with van der Waals surface area (Å²) in [6.45, 7) is 9.30. The van der Waals surface area contributed by atoms with E-state index in [2.05, 4.69) is 31.1 Å². The van der Waals surface area contributed by atoms with Crippen LogP contribution in [0.4, 0.5) is 0 Å². The number of rotatable bonds is 5. The number of nitrogens with zero attached hydrogens (tertiary/aromatic N) is 1. The van der Waals surface area contributed by atoms with Crippen molar-refractivity contribution >= 4 is 0 Å². The van der Waals surface area contributed by atoms with Crippen molar-refractivity contribution < 1.29 is 4.74 Å². The SMILES string of the molecule is CCC(C)(CNC)CN1CC2CCC(C1)O2. The zero-order valence-electron chi connectivity index (χ0n) is 11.0. The van der Waals surface area contributed by atoms with Crippen molar-refractivity contribution in [1.82, 2.24) is 10.2 Å². The number of hydrogen-bond donors (Lipinski definition) is 1. The summed E-state index contributed by atoms with van der Waals surface area (Å²) in [5.41, 5.74) is 0.408. The molecule has 2 fully saturated rings. The van der Waals surface area contributed by atoms with Gasteiger partial charge in [0.1, 0.15) is 0 Å². The van der Waals surface area contributed by atoms with E-state index in [0.29, 0.717) is 17.6 Å². The highest BCUT2D eigenvalue weighted by atomic mass is 16.5. The fraction of sp³-hybridized carbons (Fsp3) is 1.00. The smallest absolute Gasteiger partial charge is 0.0707 e. The molecular weight excluding hydrogens is 200 g/mol. The minimum atomic E-state index is 0.408. The molecular formula is C13H26N2O. The summed E-state index contributed by atoms with van der Waals surface area (Å²) in [5, 5.41) is 3.33. The molecule has 2 rings (SSSR count).